The van der Waals surface area contributed by atoms with E-state index in [0.717, 1.165) is 6.42 Å². The number of anilines is 1. The van der Waals surface area contributed by atoms with Gasteiger partial charge in [-0.15, -0.1) is 0 Å². The van der Waals surface area contributed by atoms with E-state index in [9.17, 15) is 36.3 Å². The smallest absolute Gasteiger partial charge is 0.389 e. The lowest BCUT2D eigenvalue weighted by molar-refractivity contribution is -0.142. The molecule has 2 aromatic rings. The lowest BCUT2D eigenvalue weighted by Crippen LogP contribution is -2.48. The number of benzene rings is 2. The Balaban J connectivity index is 1.94. The number of hydrogen-bond acceptors (Lipinski definition) is 7. The second-order valence-electron chi connectivity index (χ2n) is 11.8. The molecule has 1 aliphatic rings. The number of halogens is 3. The van der Waals surface area contributed by atoms with Crippen molar-refractivity contribution in [2.45, 2.75) is 82.2 Å². The molecular weight excluding hydrogens is 627 g/mol. The van der Waals surface area contributed by atoms with Crippen LogP contribution in [0.25, 0.3) is 0 Å². The molecule has 0 bridgehead atoms. The van der Waals surface area contributed by atoms with Gasteiger partial charge in [0.15, 0.2) is 0 Å². The highest BCUT2D eigenvalue weighted by Gasteiger charge is 2.33. The summed E-state index contributed by atoms with van der Waals surface area (Å²) in [5.74, 6) is -1.57. The van der Waals surface area contributed by atoms with Crippen LogP contribution in [0.15, 0.2) is 53.4 Å². The van der Waals surface area contributed by atoms with Crippen molar-refractivity contribution in [2.75, 3.05) is 38.7 Å². The molecule has 0 spiro atoms. The first kappa shape index (κ1) is 37.3. The largest absolute Gasteiger partial charge is 0.490 e. The average Bonchev–Trinajstić information content (AvgIpc) is 3.01. The summed E-state index contributed by atoms with van der Waals surface area (Å²) in [6, 6.07) is 11.7. The summed E-state index contributed by atoms with van der Waals surface area (Å²) in [7, 11) is -2.35. The van der Waals surface area contributed by atoms with Gasteiger partial charge in [-0.1, -0.05) is 25.1 Å². The van der Waals surface area contributed by atoms with Crippen LogP contribution in [0.3, 0.4) is 0 Å². The van der Waals surface area contributed by atoms with E-state index < -0.39 is 58.9 Å². The second kappa shape index (κ2) is 16.6. The maximum absolute atomic E-state index is 14.2. The maximum atomic E-state index is 14.2. The van der Waals surface area contributed by atoms with Gasteiger partial charge >= 0.3 is 6.18 Å². The minimum Gasteiger partial charge on any atom is -0.490 e. The summed E-state index contributed by atoms with van der Waals surface area (Å²) < 4.78 is 78.1. The Hall–Kier alpha value is -3.20. The van der Waals surface area contributed by atoms with E-state index in [1.165, 1.54) is 46.6 Å². The number of rotatable bonds is 9. The van der Waals surface area contributed by atoms with Crippen molar-refractivity contribution >= 4 is 27.5 Å². The van der Waals surface area contributed by atoms with Crippen LogP contribution in [0, 0.1) is 5.92 Å². The molecule has 14 heteroatoms. The number of ether oxygens (including phenoxy) is 2. The fourth-order valence-corrected chi connectivity index (χ4v) is 6.27. The fourth-order valence-electron chi connectivity index (χ4n) is 5.07. The molecular formula is C32H44F3N3O7S. The monoisotopic (exact) mass is 671 g/mol. The lowest BCUT2D eigenvalue weighted by Gasteiger charge is -2.35. The van der Waals surface area contributed by atoms with Crippen LogP contribution < -0.4 is 10.1 Å². The third-order valence-corrected chi connectivity index (χ3v) is 9.70. The van der Waals surface area contributed by atoms with E-state index in [2.05, 4.69) is 5.32 Å². The summed E-state index contributed by atoms with van der Waals surface area (Å²) >= 11 is 0. The van der Waals surface area contributed by atoms with Gasteiger partial charge in [-0.2, -0.15) is 17.5 Å². The van der Waals surface area contributed by atoms with Crippen LogP contribution in [0.2, 0.25) is 0 Å². The van der Waals surface area contributed by atoms with Crippen molar-refractivity contribution in [2.24, 2.45) is 5.92 Å². The van der Waals surface area contributed by atoms with Crippen LogP contribution in [-0.2, 0) is 19.6 Å². The van der Waals surface area contributed by atoms with E-state index in [4.69, 9.17) is 9.47 Å². The molecule has 0 radical (unpaired) electrons. The van der Waals surface area contributed by atoms with Crippen molar-refractivity contribution in [3.05, 3.63) is 54.1 Å². The number of sulfonamides is 1. The van der Waals surface area contributed by atoms with E-state index >= 15 is 0 Å². The van der Waals surface area contributed by atoms with Gasteiger partial charge in [-0.3, -0.25) is 9.59 Å². The van der Waals surface area contributed by atoms with Gasteiger partial charge < -0.3 is 24.8 Å². The molecule has 0 unspecified atom stereocenters. The Kier molecular flexibility index (Phi) is 13.4. The first-order chi connectivity index (χ1) is 21.6. The number of fused-ring (bicyclic) bond motifs is 1. The van der Waals surface area contributed by atoms with Crippen LogP contribution in [0.1, 0.15) is 63.2 Å². The topological polar surface area (TPSA) is 125 Å². The van der Waals surface area contributed by atoms with Crippen molar-refractivity contribution in [1.82, 2.24) is 9.21 Å². The van der Waals surface area contributed by atoms with Gasteiger partial charge in [-0.25, -0.2) is 8.42 Å². The van der Waals surface area contributed by atoms with Gasteiger partial charge in [0.1, 0.15) is 5.75 Å². The number of nitrogens with zero attached hydrogens (tertiary/aromatic N) is 2. The zero-order valence-corrected chi connectivity index (χ0v) is 27.4. The number of aliphatic hydroxyl groups excluding tert-OH is 1. The highest BCUT2D eigenvalue weighted by molar-refractivity contribution is 7.89. The number of carbonyl (C=O) groups excluding carboxylic acids is 2. The predicted molar refractivity (Wildman–Crippen MR) is 167 cm³/mol. The van der Waals surface area contributed by atoms with Crippen molar-refractivity contribution < 1.29 is 45.8 Å². The summed E-state index contributed by atoms with van der Waals surface area (Å²) in [6.07, 6.45) is -5.46. The van der Waals surface area contributed by atoms with E-state index in [0.29, 0.717) is 19.4 Å². The Morgan fingerprint density at radius 3 is 2.50 bits per heavy atom. The number of hydrogen-bond donors (Lipinski definition) is 2. The molecule has 1 aliphatic heterocycles. The first-order valence-corrected chi connectivity index (χ1v) is 16.8. The molecule has 10 nitrogen and oxygen atoms in total. The van der Waals surface area contributed by atoms with E-state index in [-0.39, 0.29) is 47.7 Å². The third-order valence-electron chi connectivity index (χ3n) is 7.86. The van der Waals surface area contributed by atoms with Crippen LogP contribution in [0.5, 0.6) is 5.75 Å². The Labute approximate surface area is 268 Å². The molecule has 2 amide bonds. The summed E-state index contributed by atoms with van der Waals surface area (Å²) in [6.45, 7) is 5.39. The number of aliphatic hydroxyl groups is 1. The standard InChI is InChI=1S/C32H44F3N3O7S/c1-22-19-38(23(2)21-39)31(41)27-18-25(36-30(40)15-16-32(33,34)35)13-14-28(27)45-24(3)10-8-9-17-44-29(22)20-37(4)46(42,43)26-11-6-5-7-12-26/h5-7,11-14,18,22-24,29,39H,8-10,15-17,19-21H2,1-4H3,(H,36,40)/t22-,23+,24-,29-/m1/s1. The van der Waals surface area contributed by atoms with Gasteiger partial charge in [0.25, 0.3) is 5.91 Å². The minimum atomic E-state index is -4.49. The summed E-state index contributed by atoms with van der Waals surface area (Å²) in [5.41, 5.74) is 0.182. The first-order valence-electron chi connectivity index (χ1n) is 15.3. The molecule has 46 heavy (non-hydrogen) atoms. The van der Waals surface area contributed by atoms with Crippen LogP contribution >= 0.6 is 0 Å². The fraction of sp³-hybridized carbons (Fsp3) is 0.562. The highest BCUT2D eigenvalue weighted by atomic mass is 32.2. The molecule has 1 heterocycles. The zero-order valence-electron chi connectivity index (χ0n) is 26.6. The van der Waals surface area contributed by atoms with Crippen LogP contribution in [-0.4, -0.2) is 92.3 Å². The third kappa shape index (κ3) is 10.7. The van der Waals surface area contributed by atoms with Gasteiger partial charge in [0, 0.05) is 44.8 Å². The molecule has 256 valence electrons. The van der Waals surface area contributed by atoms with Crippen molar-refractivity contribution in [1.29, 1.82) is 0 Å². The number of alkyl halides is 3. The molecule has 0 fully saturated rings. The minimum absolute atomic E-state index is 0.0120. The molecule has 3 rings (SSSR count). The van der Waals surface area contributed by atoms with Crippen molar-refractivity contribution in [3.63, 3.8) is 0 Å². The molecule has 0 aromatic heterocycles. The highest BCUT2D eigenvalue weighted by Crippen LogP contribution is 2.29. The zero-order chi connectivity index (χ0) is 34.1. The van der Waals surface area contributed by atoms with Crippen LogP contribution in [0.4, 0.5) is 18.9 Å². The van der Waals surface area contributed by atoms with Gasteiger partial charge in [0.2, 0.25) is 15.9 Å². The average molecular weight is 672 g/mol. The maximum Gasteiger partial charge on any atom is 0.389 e. The van der Waals surface area contributed by atoms with Gasteiger partial charge in [-0.05, 0) is 63.4 Å². The molecule has 0 saturated heterocycles. The Morgan fingerprint density at radius 1 is 1.15 bits per heavy atom. The Bertz CT molecular complexity index is 1410. The lowest BCUT2D eigenvalue weighted by atomic mass is 10.0. The molecule has 2 N–H and O–H groups in total. The van der Waals surface area contributed by atoms with Gasteiger partial charge in [0.05, 0.1) is 41.7 Å². The normalized spacial score (nSPS) is 21.2. The molecule has 2 aromatic carbocycles. The number of amides is 2. The number of likely N-dealkylation sites (N-methyl/N-ethyl adjacent to an activating group) is 1. The number of nitrogens with one attached hydrogen (secondary N) is 1. The number of carbonyl (C=O) groups is 2. The quantitative estimate of drug-likeness (QED) is 0.381. The predicted octanol–water partition coefficient (Wildman–Crippen LogP) is 5.08. The molecule has 4 atom stereocenters. The SMILES string of the molecule is C[C@@H]1CCCCO[C@H](CN(C)S(=O)(=O)c2ccccc2)[C@H](C)CN([C@@H](C)CO)C(=O)c2cc(NC(=O)CCC(F)(F)F)ccc2O1. The van der Waals surface area contributed by atoms with Crippen molar-refractivity contribution in [3.8, 4) is 5.75 Å². The molecule has 0 saturated carbocycles. The summed E-state index contributed by atoms with van der Waals surface area (Å²) in [5, 5.41) is 12.5. The molecule has 0 aliphatic carbocycles. The second-order valence-corrected chi connectivity index (χ2v) is 13.8. The summed E-state index contributed by atoms with van der Waals surface area (Å²) in [4.78, 5) is 28.0. The van der Waals surface area contributed by atoms with E-state index in [1.807, 2.05) is 13.8 Å². The Morgan fingerprint density at radius 2 is 1.85 bits per heavy atom. The van der Waals surface area contributed by atoms with E-state index in [1.54, 1.807) is 25.1 Å².